The van der Waals surface area contributed by atoms with Gasteiger partial charge in [0.2, 0.25) is 0 Å². The predicted octanol–water partition coefficient (Wildman–Crippen LogP) is 2.06. The highest BCUT2D eigenvalue weighted by atomic mass is 16.6. The molecule has 0 saturated heterocycles. The molecule has 1 N–H and O–H groups in total. The fraction of sp³-hybridized carbons (Fsp3) is 0.417. The lowest BCUT2D eigenvalue weighted by molar-refractivity contribution is -0.384. The number of anilines is 1. The van der Waals surface area contributed by atoms with Crippen molar-refractivity contribution in [2.45, 2.75) is 25.0 Å². The summed E-state index contributed by atoms with van der Waals surface area (Å²) in [6.07, 6.45) is 1.87. The van der Waals surface area contributed by atoms with E-state index < -0.39 is 4.92 Å². The van der Waals surface area contributed by atoms with E-state index in [-0.39, 0.29) is 17.8 Å². The smallest absolute Gasteiger partial charge is 0.292 e. The second-order valence-corrected chi connectivity index (χ2v) is 4.27. The molecule has 18 heavy (non-hydrogen) atoms. The lowest BCUT2D eigenvalue weighted by atomic mass is 9.89. The molecule has 1 saturated carbocycles. The molecule has 2 rings (SSSR count). The molecule has 1 fully saturated rings. The van der Waals surface area contributed by atoms with Gasteiger partial charge in [0, 0.05) is 19.2 Å². The van der Waals surface area contributed by atoms with Gasteiger partial charge in [0.05, 0.1) is 22.7 Å². The number of nitriles is 1. The predicted molar refractivity (Wildman–Crippen MR) is 65.3 cm³/mol. The number of nitrogens with one attached hydrogen (secondary N) is 1. The van der Waals surface area contributed by atoms with Crippen LogP contribution in [0.2, 0.25) is 0 Å². The first kappa shape index (κ1) is 12.3. The molecular formula is C12H13N3O3. The van der Waals surface area contributed by atoms with Crippen LogP contribution in [0.25, 0.3) is 0 Å². The fourth-order valence-electron chi connectivity index (χ4n) is 1.98. The average Bonchev–Trinajstić information content (AvgIpc) is 2.32. The number of rotatable bonds is 4. The second kappa shape index (κ2) is 5.02. The maximum atomic E-state index is 10.9. The van der Waals surface area contributed by atoms with E-state index >= 15 is 0 Å². The van der Waals surface area contributed by atoms with Crippen LogP contribution < -0.4 is 5.32 Å². The van der Waals surface area contributed by atoms with Crippen molar-refractivity contribution in [1.29, 1.82) is 5.26 Å². The number of nitro groups is 1. The van der Waals surface area contributed by atoms with Gasteiger partial charge in [-0.15, -0.1) is 0 Å². The summed E-state index contributed by atoms with van der Waals surface area (Å²) in [5.74, 6) is 0. The molecule has 0 aromatic heterocycles. The van der Waals surface area contributed by atoms with Gasteiger partial charge in [-0.25, -0.2) is 0 Å². The van der Waals surface area contributed by atoms with Crippen molar-refractivity contribution >= 4 is 11.4 Å². The van der Waals surface area contributed by atoms with Crippen molar-refractivity contribution in [3.8, 4) is 6.07 Å². The number of methoxy groups -OCH3 is 1. The van der Waals surface area contributed by atoms with Crippen LogP contribution in [0.4, 0.5) is 11.4 Å². The van der Waals surface area contributed by atoms with Crippen molar-refractivity contribution in [3.63, 3.8) is 0 Å². The van der Waals surface area contributed by atoms with E-state index in [1.165, 1.54) is 18.2 Å². The molecule has 6 nitrogen and oxygen atoms in total. The summed E-state index contributed by atoms with van der Waals surface area (Å²) >= 11 is 0. The largest absolute Gasteiger partial charge is 0.381 e. The van der Waals surface area contributed by atoms with E-state index in [9.17, 15) is 10.1 Å². The van der Waals surface area contributed by atoms with Gasteiger partial charge in [0.15, 0.2) is 0 Å². The van der Waals surface area contributed by atoms with E-state index in [1.54, 1.807) is 7.11 Å². The Kier molecular flexibility index (Phi) is 3.44. The van der Waals surface area contributed by atoms with Crippen LogP contribution in [-0.4, -0.2) is 24.2 Å². The molecule has 1 aliphatic rings. The minimum absolute atomic E-state index is 0.00475. The summed E-state index contributed by atoms with van der Waals surface area (Å²) < 4.78 is 5.15. The normalized spacial score (nSPS) is 21.8. The van der Waals surface area contributed by atoms with Crippen LogP contribution in [-0.2, 0) is 4.74 Å². The molecule has 94 valence electrons. The third-order valence-corrected chi connectivity index (χ3v) is 3.11. The molecule has 0 bridgehead atoms. The summed E-state index contributed by atoms with van der Waals surface area (Å²) in [6, 6.07) is 6.46. The molecule has 0 atom stereocenters. The van der Waals surface area contributed by atoms with Gasteiger partial charge < -0.3 is 10.1 Å². The van der Waals surface area contributed by atoms with Crippen LogP contribution in [0.1, 0.15) is 18.4 Å². The monoisotopic (exact) mass is 247 g/mol. The lowest BCUT2D eigenvalue weighted by Crippen LogP contribution is -2.40. The summed E-state index contributed by atoms with van der Waals surface area (Å²) in [5.41, 5.74) is 0.805. The molecule has 1 aromatic rings. The standard InChI is InChI=1S/C12H13N3O3/c1-18-10-5-9(6-10)14-11-4-8(7-13)2-3-12(11)15(16)17/h2-4,9-10,14H,5-6H2,1H3/t9-,10-. The Bertz CT molecular complexity index is 504. The quantitative estimate of drug-likeness (QED) is 0.649. The first-order valence-electron chi connectivity index (χ1n) is 5.62. The Hall–Kier alpha value is -2.13. The van der Waals surface area contributed by atoms with Gasteiger partial charge in [-0.2, -0.15) is 5.26 Å². The highest BCUT2D eigenvalue weighted by Crippen LogP contribution is 2.31. The van der Waals surface area contributed by atoms with Gasteiger partial charge in [0.1, 0.15) is 5.69 Å². The minimum Gasteiger partial charge on any atom is -0.381 e. The maximum Gasteiger partial charge on any atom is 0.292 e. The number of nitrogens with zero attached hydrogens (tertiary/aromatic N) is 2. The SMILES string of the molecule is CO[C@H]1C[C@H](Nc2cc(C#N)ccc2[N+](=O)[O-])C1. The Morgan fingerprint density at radius 1 is 1.56 bits per heavy atom. The Morgan fingerprint density at radius 2 is 2.28 bits per heavy atom. The lowest BCUT2D eigenvalue weighted by Gasteiger charge is -2.35. The van der Waals surface area contributed by atoms with Crippen molar-refractivity contribution < 1.29 is 9.66 Å². The minimum atomic E-state index is -0.448. The molecule has 0 heterocycles. The Balaban J connectivity index is 2.15. The zero-order valence-corrected chi connectivity index (χ0v) is 9.92. The van der Waals surface area contributed by atoms with Gasteiger partial charge in [-0.1, -0.05) is 0 Å². The highest BCUT2D eigenvalue weighted by molar-refractivity contribution is 5.64. The third kappa shape index (κ3) is 2.41. The van der Waals surface area contributed by atoms with Crippen LogP contribution in [0.5, 0.6) is 0 Å². The number of nitro benzene ring substituents is 1. The number of hydrogen-bond acceptors (Lipinski definition) is 5. The van der Waals surface area contributed by atoms with E-state index in [0.29, 0.717) is 11.3 Å². The topological polar surface area (TPSA) is 88.2 Å². The third-order valence-electron chi connectivity index (χ3n) is 3.11. The van der Waals surface area contributed by atoms with E-state index in [1.807, 2.05) is 6.07 Å². The van der Waals surface area contributed by atoms with Crippen LogP contribution in [0.15, 0.2) is 18.2 Å². The molecule has 1 aliphatic carbocycles. The molecule has 0 aliphatic heterocycles. The molecule has 1 aromatic carbocycles. The molecule has 0 radical (unpaired) electrons. The van der Waals surface area contributed by atoms with Gasteiger partial charge >= 0.3 is 0 Å². The summed E-state index contributed by atoms with van der Waals surface area (Å²) in [5, 5.41) is 22.8. The highest BCUT2D eigenvalue weighted by Gasteiger charge is 2.30. The van der Waals surface area contributed by atoms with E-state index in [2.05, 4.69) is 5.32 Å². The molecule has 0 spiro atoms. The Morgan fingerprint density at radius 3 is 2.83 bits per heavy atom. The Labute approximate surface area is 104 Å². The van der Waals surface area contributed by atoms with E-state index in [4.69, 9.17) is 10.00 Å². The maximum absolute atomic E-state index is 10.9. The molecule has 0 amide bonds. The molecular weight excluding hydrogens is 234 g/mol. The average molecular weight is 247 g/mol. The van der Waals surface area contributed by atoms with Crippen LogP contribution in [0, 0.1) is 21.4 Å². The zero-order chi connectivity index (χ0) is 13.1. The van der Waals surface area contributed by atoms with Gasteiger partial charge in [0.25, 0.3) is 5.69 Å². The zero-order valence-electron chi connectivity index (χ0n) is 9.92. The fourth-order valence-corrected chi connectivity index (χ4v) is 1.98. The van der Waals surface area contributed by atoms with Crippen molar-refractivity contribution in [1.82, 2.24) is 0 Å². The van der Waals surface area contributed by atoms with Crippen molar-refractivity contribution in [3.05, 3.63) is 33.9 Å². The van der Waals surface area contributed by atoms with Crippen molar-refractivity contribution in [2.75, 3.05) is 12.4 Å². The summed E-state index contributed by atoms with van der Waals surface area (Å²) in [7, 11) is 1.65. The molecule has 6 heteroatoms. The van der Waals surface area contributed by atoms with E-state index in [0.717, 1.165) is 12.8 Å². The van der Waals surface area contributed by atoms with Crippen LogP contribution >= 0.6 is 0 Å². The van der Waals surface area contributed by atoms with Crippen LogP contribution in [0.3, 0.4) is 0 Å². The first-order valence-corrected chi connectivity index (χ1v) is 5.62. The number of hydrogen-bond donors (Lipinski definition) is 1. The van der Waals surface area contributed by atoms with Gasteiger partial charge in [-0.05, 0) is 25.0 Å². The number of benzene rings is 1. The van der Waals surface area contributed by atoms with Crippen molar-refractivity contribution in [2.24, 2.45) is 0 Å². The first-order chi connectivity index (χ1) is 8.63. The number of ether oxygens (including phenoxy) is 1. The second-order valence-electron chi connectivity index (χ2n) is 4.27. The molecule has 0 unspecified atom stereocenters. The van der Waals surface area contributed by atoms with Gasteiger partial charge in [-0.3, -0.25) is 10.1 Å². The summed E-state index contributed by atoms with van der Waals surface area (Å²) in [6.45, 7) is 0. The summed E-state index contributed by atoms with van der Waals surface area (Å²) in [4.78, 5) is 10.4.